The maximum atomic E-state index is 13.0. The van der Waals surface area contributed by atoms with Gasteiger partial charge in [-0.15, -0.1) is 0 Å². The highest BCUT2D eigenvalue weighted by atomic mass is 19.4. The van der Waals surface area contributed by atoms with E-state index in [4.69, 9.17) is 14.2 Å². The van der Waals surface area contributed by atoms with Crippen molar-refractivity contribution in [3.8, 4) is 0 Å². The third-order valence-electron chi connectivity index (χ3n) is 5.14. The number of halogens is 6. The second-order valence-corrected chi connectivity index (χ2v) is 7.67. The third-order valence-corrected chi connectivity index (χ3v) is 5.14. The fourth-order valence-electron chi connectivity index (χ4n) is 3.63. The van der Waals surface area contributed by atoms with Crippen molar-refractivity contribution >= 4 is 0 Å². The van der Waals surface area contributed by atoms with Crippen LogP contribution in [0.2, 0.25) is 0 Å². The van der Waals surface area contributed by atoms with Gasteiger partial charge in [-0.3, -0.25) is 0 Å². The average molecular weight is 473 g/mol. The largest absolute Gasteiger partial charge is 0.416 e. The van der Waals surface area contributed by atoms with Crippen molar-refractivity contribution in [1.82, 2.24) is 0 Å². The first kappa shape index (κ1) is 28.7. The summed E-state index contributed by atoms with van der Waals surface area (Å²) in [5, 5.41) is 0. The second kappa shape index (κ2) is 12.8. The molecule has 1 atom stereocenters. The number of aryl methyl sites for hydroxylation is 1. The van der Waals surface area contributed by atoms with Gasteiger partial charge in [-0.1, -0.05) is 26.2 Å². The molecule has 0 aromatic heterocycles. The summed E-state index contributed by atoms with van der Waals surface area (Å²) in [5.74, 6) is -1.15. The highest BCUT2D eigenvalue weighted by Gasteiger charge is 2.39. The minimum Gasteiger partial charge on any atom is -0.328 e. The standard InChI is InChI=1S/C23H34F6O3/c1-5-30-23(31-6-2,32-7-3)17(4)12-10-8-9-11-13-18-14-19(21(24,25)26)16-20(15-18)22(27,28)29/h14-17H,5-13H2,1-4H3. The minimum absolute atomic E-state index is 0.0415. The zero-order valence-electron chi connectivity index (χ0n) is 19.2. The molecule has 0 saturated heterocycles. The lowest BCUT2D eigenvalue weighted by Gasteiger charge is -2.37. The molecule has 0 aliphatic rings. The van der Waals surface area contributed by atoms with Crippen molar-refractivity contribution in [3.63, 3.8) is 0 Å². The molecular formula is C23H34F6O3. The zero-order chi connectivity index (χ0) is 24.4. The lowest BCUT2D eigenvalue weighted by Crippen LogP contribution is -2.45. The van der Waals surface area contributed by atoms with Crippen LogP contribution in [0.25, 0.3) is 0 Å². The molecule has 0 aliphatic heterocycles. The van der Waals surface area contributed by atoms with E-state index in [2.05, 4.69) is 0 Å². The molecule has 0 amide bonds. The molecule has 1 rings (SSSR count). The Hall–Kier alpha value is -1.32. The topological polar surface area (TPSA) is 27.7 Å². The van der Waals surface area contributed by atoms with Crippen LogP contribution in [0.1, 0.15) is 76.5 Å². The van der Waals surface area contributed by atoms with Crippen LogP contribution >= 0.6 is 0 Å². The Balaban J connectivity index is 2.62. The first-order chi connectivity index (χ1) is 14.9. The van der Waals surface area contributed by atoms with Gasteiger partial charge in [-0.2, -0.15) is 26.3 Å². The smallest absolute Gasteiger partial charge is 0.328 e. The zero-order valence-corrected chi connectivity index (χ0v) is 19.2. The van der Waals surface area contributed by atoms with E-state index >= 15 is 0 Å². The highest BCUT2D eigenvalue weighted by Crippen LogP contribution is 2.36. The van der Waals surface area contributed by atoms with Crippen molar-refractivity contribution in [2.24, 2.45) is 5.92 Å². The molecule has 0 aliphatic carbocycles. The van der Waals surface area contributed by atoms with Crippen LogP contribution in [0.3, 0.4) is 0 Å². The Kier molecular flexibility index (Phi) is 11.5. The number of alkyl halides is 6. The van der Waals surface area contributed by atoms with Crippen molar-refractivity contribution < 1.29 is 40.6 Å². The lowest BCUT2D eigenvalue weighted by atomic mass is 9.97. The van der Waals surface area contributed by atoms with Crippen LogP contribution in [0.15, 0.2) is 18.2 Å². The summed E-state index contributed by atoms with van der Waals surface area (Å²) in [5.41, 5.74) is -2.49. The molecule has 0 saturated carbocycles. The van der Waals surface area contributed by atoms with Gasteiger partial charge in [0.25, 0.3) is 5.97 Å². The highest BCUT2D eigenvalue weighted by molar-refractivity contribution is 5.33. The number of rotatable bonds is 14. The molecule has 32 heavy (non-hydrogen) atoms. The fourth-order valence-corrected chi connectivity index (χ4v) is 3.63. The van der Waals surface area contributed by atoms with Gasteiger partial charge in [0.15, 0.2) is 0 Å². The molecule has 1 aromatic carbocycles. The number of benzene rings is 1. The predicted molar refractivity (Wildman–Crippen MR) is 110 cm³/mol. The average Bonchev–Trinajstić information content (AvgIpc) is 2.69. The number of ether oxygens (including phenoxy) is 3. The Morgan fingerprint density at radius 2 is 1.12 bits per heavy atom. The normalized spacial score (nSPS) is 14.1. The van der Waals surface area contributed by atoms with Gasteiger partial charge in [-0.25, -0.2) is 0 Å². The quantitative estimate of drug-likeness (QED) is 0.158. The molecule has 9 heteroatoms. The molecule has 186 valence electrons. The molecule has 1 aromatic rings. The Bertz CT molecular complexity index is 623. The molecule has 0 radical (unpaired) electrons. The summed E-state index contributed by atoms with van der Waals surface area (Å²) >= 11 is 0. The van der Waals surface area contributed by atoms with E-state index in [0.717, 1.165) is 31.4 Å². The molecule has 0 spiro atoms. The van der Waals surface area contributed by atoms with Gasteiger partial charge >= 0.3 is 12.4 Å². The van der Waals surface area contributed by atoms with Gasteiger partial charge in [0.2, 0.25) is 0 Å². The van der Waals surface area contributed by atoms with Crippen LogP contribution in [-0.4, -0.2) is 25.8 Å². The van der Waals surface area contributed by atoms with E-state index < -0.39 is 29.5 Å². The van der Waals surface area contributed by atoms with Gasteiger partial charge in [0, 0.05) is 25.7 Å². The van der Waals surface area contributed by atoms with E-state index in [1.807, 2.05) is 27.7 Å². The number of hydrogen-bond donors (Lipinski definition) is 0. The number of unbranched alkanes of at least 4 members (excludes halogenated alkanes) is 3. The third kappa shape index (κ3) is 8.90. The first-order valence-electron chi connectivity index (χ1n) is 11.1. The van der Waals surface area contributed by atoms with Crippen LogP contribution in [0.5, 0.6) is 0 Å². The summed E-state index contributed by atoms with van der Waals surface area (Å²) in [6.07, 6.45) is -5.94. The molecule has 0 N–H and O–H groups in total. The van der Waals surface area contributed by atoms with Crippen molar-refractivity contribution in [3.05, 3.63) is 34.9 Å². The Labute approximate surface area is 186 Å². The molecule has 1 unspecified atom stereocenters. The van der Waals surface area contributed by atoms with Crippen molar-refractivity contribution in [1.29, 1.82) is 0 Å². The predicted octanol–water partition coefficient (Wildman–Crippen LogP) is 7.62. The molecule has 3 nitrogen and oxygen atoms in total. The monoisotopic (exact) mass is 472 g/mol. The number of hydrogen-bond acceptors (Lipinski definition) is 3. The summed E-state index contributed by atoms with van der Waals surface area (Å²) in [6.45, 7) is 8.85. The molecule has 0 fully saturated rings. The van der Waals surface area contributed by atoms with Gasteiger partial charge in [0.05, 0.1) is 11.1 Å². The van der Waals surface area contributed by atoms with E-state index in [1.165, 1.54) is 0 Å². The molecule has 0 heterocycles. The van der Waals surface area contributed by atoms with E-state index in [9.17, 15) is 26.3 Å². The maximum Gasteiger partial charge on any atom is 0.416 e. The van der Waals surface area contributed by atoms with Crippen molar-refractivity contribution in [2.45, 2.75) is 84.5 Å². The van der Waals surface area contributed by atoms with E-state index in [-0.39, 0.29) is 24.0 Å². The van der Waals surface area contributed by atoms with Crippen LogP contribution < -0.4 is 0 Å². The summed E-state index contributed by atoms with van der Waals surface area (Å²) in [6, 6.07) is 1.77. The van der Waals surface area contributed by atoms with Gasteiger partial charge in [0.1, 0.15) is 0 Å². The SMILES string of the molecule is CCOC(OCC)(OCC)C(C)CCCCCCc1cc(C(F)(F)F)cc(C(F)(F)F)c1. The lowest BCUT2D eigenvalue weighted by molar-refractivity contribution is -0.400. The van der Waals surface area contributed by atoms with Crippen molar-refractivity contribution in [2.75, 3.05) is 19.8 Å². The fraction of sp³-hybridized carbons (Fsp3) is 0.739. The van der Waals surface area contributed by atoms with E-state index in [0.29, 0.717) is 32.7 Å². The molecular weight excluding hydrogens is 438 g/mol. The first-order valence-corrected chi connectivity index (χ1v) is 11.1. The summed E-state index contributed by atoms with van der Waals surface area (Å²) < 4.78 is 95.1. The molecule has 0 bridgehead atoms. The Morgan fingerprint density at radius 1 is 0.688 bits per heavy atom. The second-order valence-electron chi connectivity index (χ2n) is 7.67. The Morgan fingerprint density at radius 3 is 1.53 bits per heavy atom. The van der Waals surface area contributed by atoms with Gasteiger partial charge in [-0.05, 0) is 63.8 Å². The summed E-state index contributed by atoms with van der Waals surface area (Å²) in [4.78, 5) is 0. The van der Waals surface area contributed by atoms with Crippen LogP contribution in [0.4, 0.5) is 26.3 Å². The van der Waals surface area contributed by atoms with Gasteiger partial charge < -0.3 is 14.2 Å². The van der Waals surface area contributed by atoms with E-state index in [1.54, 1.807) is 0 Å². The maximum absolute atomic E-state index is 13.0. The van der Waals surface area contributed by atoms with Crippen LogP contribution in [-0.2, 0) is 33.0 Å². The summed E-state index contributed by atoms with van der Waals surface area (Å²) in [7, 11) is 0. The minimum atomic E-state index is -4.82. The van der Waals surface area contributed by atoms with Crippen LogP contribution in [0, 0.1) is 5.92 Å².